The SMILES string of the molecule is CC(C)N1C=C(C#CCN2CCOCC2)C(N)=CC1Nc1ccnc(-c2cnn(S(=O)(=O)C3CC3)c2)n1. The Kier molecular flexibility index (Phi) is 7.19. The van der Waals surface area contributed by atoms with Crippen LogP contribution in [-0.4, -0.2) is 87.7 Å². The summed E-state index contributed by atoms with van der Waals surface area (Å²) in [6.45, 7) is 8.14. The lowest BCUT2D eigenvalue weighted by Gasteiger charge is -2.36. The highest BCUT2D eigenvalue weighted by Crippen LogP contribution is 2.30. The molecular formula is C25H32N8O3S. The minimum Gasteiger partial charge on any atom is -0.398 e. The zero-order valence-electron chi connectivity index (χ0n) is 21.0. The number of hydrogen-bond donors (Lipinski definition) is 2. The summed E-state index contributed by atoms with van der Waals surface area (Å²) in [6, 6.07) is 1.93. The van der Waals surface area contributed by atoms with E-state index in [-0.39, 0.29) is 17.5 Å². The number of morpholine rings is 1. The van der Waals surface area contributed by atoms with Crippen molar-refractivity contribution in [1.82, 2.24) is 29.0 Å². The van der Waals surface area contributed by atoms with Crippen LogP contribution in [0.2, 0.25) is 0 Å². The van der Waals surface area contributed by atoms with Gasteiger partial charge in [0.1, 0.15) is 12.0 Å². The number of hydrogen-bond acceptors (Lipinski definition) is 10. The van der Waals surface area contributed by atoms with Crippen molar-refractivity contribution < 1.29 is 13.2 Å². The van der Waals surface area contributed by atoms with Gasteiger partial charge < -0.3 is 20.7 Å². The number of nitrogens with zero attached hydrogens (tertiary/aromatic N) is 6. The summed E-state index contributed by atoms with van der Waals surface area (Å²) in [6.07, 6.45) is 9.59. The molecule has 3 aliphatic rings. The molecule has 2 aromatic rings. The Hall–Kier alpha value is -3.40. The van der Waals surface area contributed by atoms with Gasteiger partial charge in [0.25, 0.3) is 10.0 Å². The highest BCUT2D eigenvalue weighted by molar-refractivity contribution is 7.90. The van der Waals surface area contributed by atoms with Crippen LogP contribution in [0.15, 0.2) is 48.2 Å². The number of aromatic nitrogens is 4. The van der Waals surface area contributed by atoms with Crippen LogP contribution in [0.25, 0.3) is 11.4 Å². The first-order chi connectivity index (χ1) is 17.8. The molecule has 0 bridgehead atoms. The molecule has 0 spiro atoms. The van der Waals surface area contributed by atoms with E-state index < -0.39 is 10.0 Å². The first-order valence-corrected chi connectivity index (χ1v) is 14.0. The molecule has 1 unspecified atom stereocenters. The Balaban J connectivity index is 1.30. The van der Waals surface area contributed by atoms with Gasteiger partial charge in [-0.25, -0.2) is 18.4 Å². The topological polar surface area (TPSA) is 132 Å². The molecule has 5 rings (SSSR count). The van der Waals surface area contributed by atoms with Crippen LogP contribution in [0.3, 0.4) is 0 Å². The predicted molar refractivity (Wildman–Crippen MR) is 140 cm³/mol. The van der Waals surface area contributed by atoms with E-state index in [0.29, 0.717) is 42.3 Å². The highest BCUT2D eigenvalue weighted by Gasteiger charge is 2.37. The van der Waals surface area contributed by atoms with Gasteiger partial charge in [-0.1, -0.05) is 11.8 Å². The second-order valence-corrected chi connectivity index (χ2v) is 11.7. The smallest absolute Gasteiger partial charge is 0.256 e. The molecule has 1 saturated heterocycles. The quantitative estimate of drug-likeness (QED) is 0.509. The van der Waals surface area contributed by atoms with Crippen molar-refractivity contribution in [3.63, 3.8) is 0 Å². The Morgan fingerprint density at radius 2 is 2.05 bits per heavy atom. The van der Waals surface area contributed by atoms with E-state index in [4.69, 9.17) is 10.5 Å². The second-order valence-electron chi connectivity index (χ2n) is 9.60. The predicted octanol–water partition coefficient (Wildman–Crippen LogP) is 1.20. The summed E-state index contributed by atoms with van der Waals surface area (Å²) in [7, 11) is -3.45. The minimum absolute atomic E-state index is 0.171. The number of nitrogens with one attached hydrogen (secondary N) is 1. The second kappa shape index (κ2) is 10.5. The van der Waals surface area contributed by atoms with Crippen molar-refractivity contribution >= 4 is 15.8 Å². The molecule has 4 heterocycles. The van der Waals surface area contributed by atoms with Gasteiger partial charge in [-0.2, -0.15) is 9.19 Å². The fourth-order valence-electron chi connectivity index (χ4n) is 4.15. The van der Waals surface area contributed by atoms with E-state index in [1.807, 2.05) is 12.3 Å². The summed E-state index contributed by atoms with van der Waals surface area (Å²) in [5, 5.41) is 7.10. The third-order valence-corrected chi connectivity index (χ3v) is 8.48. The first-order valence-electron chi connectivity index (χ1n) is 12.5. The molecular weight excluding hydrogens is 492 g/mol. The fraction of sp³-hybridized carbons (Fsp3) is 0.480. The molecule has 1 atom stereocenters. The van der Waals surface area contributed by atoms with Crippen LogP contribution in [0, 0.1) is 11.8 Å². The van der Waals surface area contributed by atoms with Gasteiger partial charge in [0.15, 0.2) is 5.82 Å². The Labute approximate surface area is 217 Å². The van der Waals surface area contributed by atoms with E-state index in [1.165, 1.54) is 12.4 Å². The molecule has 0 amide bonds. The number of allylic oxidation sites excluding steroid dienone is 1. The maximum Gasteiger partial charge on any atom is 0.256 e. The van der Waals surface area contributed by atoms with Gasteiger partial charge in [-0.15, -0.1) is 0 Å². The Morgan fingerprint density at radius 1 is 1.27 bits per heavy atom. The first kappa shape index (κ1) is 25.3. The number of rotatable bonds is 7. The molecule has 37 heavy (non-hydrogen) atoms. The maximum absolute atomic E-state index is 12.5. The van der Waals surface area contributed by atoms with Crippen LogP contribution < -0.4 is 11.1 Å². The van der Waals surface area contributed by atoms with Gasteiger partial charge in [-0.05, 0) is 38.8 Å². The molecule has 1 saturated carbocycles. The molecule has 2 aliphatic heterocycles. The molecule has 3 N–H and O–H groups in total. The van der Waals surface area contributed by atoms with Crippen molar-refractivity contribution in [3.05, 3.63) is 48.2 Å². The van der Waals surface area contributed by atoms with Crippen molar-refractivity contribution in [1.29, 1.82) is 0 Å². The summed E-state index contributed by atoms with van der Waals surface area (Å²) in [5.41, 5.74) is 8.31. The summed E-state index contributed by atoms with van der Waals surface area (Å²) >= 11 is 0. The van der Waals surface area contributed by atoms with Gasteiger partial charge in [0.2, 0.25) is 0 Å². The largest absolute Gasteiger partial charge is 0.398 e. The fourth-order valence-corrected chi connectivity index (χ4v) is 5.63. The zero-order chi connectivity index (χ0) is 26.0. The number of nitrogens with two attached hydrogens (primary N) is 1. The minimum atomic E-state index is -3.45. The van der Waals surface area contributed by atoms with Crippen LogP contribution in [0.4, 0.5) is 5.82 Å². The molecule has 2 fully saturated rings. The zero-order valence-corrected chi connectivity index (χ0v) is 21.9. The standard InChI is InChI=1S/C25H32N8O3S/c1-18(2)32-16-19(4-3-9-31-10-12-36-13-11-31)22(26)14-24(32)29-23-7-8-27-25(30-23)20-15-28-33(17-20)37(34,35)21-5-6-21/h7-8,14-18,21,24H,5-6,9-13,26H2,1-2H3,(H,27,29,30). The van der Waals surface area contributed by atoms with Crippen LogP contribution in [-0.2, 0) is 14.8 Å². The van der Waals surface area contributed by atoms with E-state index in [2.05, 4.69) is 55.9 Å². The van der Waals surface area contributed by atoms with Crippen molar-refractivity contribution in [2.24, 2.45) is 5.73 Å². The number of anilines is 1. The third kappa shape index (κ3) is 5.79. The van der Waals surface area contributed by atoms with E-state index in [9.17, 15) is 8.42 Å². The van der Waals surface area contributed by atoms with Crippen molar-refractivity contribution in [3.8, 4) is 23.2 Å². The summed E-state index contributed by atoms with van der Waals surface area (Å²) in [4.78, 5) is 13.3. The molecule has 196 valence electrons. The van der Waals surface area contributed by atoms with E-state index in [0.717, 1.165) is 36.0 Å². The lowest BCUT2D eigenvalue weighted by molar-refractivity contribution is 0.0443. The molecule has 11 nitrogen and oxygen atoms in total. The normalized spacial score (nSPS) is 20.7. The van der Waals surface area contributed by atoms with Gasteiger partial charge in [0.05, 0.1) is 48.5 Å². The molecule has 2 aromatic heterocycles. The van der Waals surface area contributed by atoms with Crippen LogP contribution >= 0.6 is 0 Å². The summed E-state index contributed by atoms with van der Waals surface area (Å²) < 4.78 is 31.4. The third-order valence-electron chi connectivity index (χ3n) is 6.45. The average molecular weight is 525 g/mol. The van der Waals surface area contributed by atoms with Crippen molar-refractivity contribution in [2.45, 2.75) is 44.1 Å². The van der Waals surface area contributed by atoms with E-state index >= 15 is 0 Å². The molecule has 0 radical (unpaired) electrons. The van der Waals surface area contributed by atoms with Gasteiger partial charge in [-0.3, -0.25) is 4.90 Å². The maximum atomic E-state index is 12.5. The number of ether oxygens (including phenoxy) is 1. The van der Waals surface area contributed by atoms with E-state index in [1.54, 1.807) is 12.3 Å². The lowest BCUT2D eigenvalue weighted by atomic mass is 10.1. The summed E-state index contributed by atoms with van der Waals surface area (Å²) in [5.74, 6) is 7.43. The van der Waals surface area contributed by atoms with Crippen molar-refractivity contribution in [2.75, 3.05) is 38.2 Å². The van der Waals surface area contributed by atoms with Crippen LogP contribution in [0.1, 0.15) is 26.7 Å². The Morgan fingerprint density at radius 3 is 2.78 bits per heavy atom. The Bertz CT molecular complexity index is 1360. The van der Waals surface area contributed by atoms with Gasteiger partial charge >= 0.3 is 0 Å². The van der Waals surface area contributed by atoms with Gasteiger partial charge in [0, 0.05) is 37.2 Å². The highest BCUT2D eigenvalue weighted by atomic mass is 32.2. The molecule has 0 aromatic carbocycles. The molecule has 12 heteroatoms. The monoisotopic (exact) mass is 524 g/mol. The average Bonchev–Trinajstić information content (AvgIpc) is 3.63. The lowest BCUT2D eigenvalue weighted by Crippen LogP contribution is -2.43. The van der Waals surface area contributed by atoms with Crippen LogP contribution in [0.5, 0.6) is 0 Å². The molecule has 1 aliphatic carbocycles.